The highest BCUT2D eigenvalue weighted by atomic mass is 35.5. The number of nitrogen functional groups attached to an aromatic ring is 1. The molecule has 106 valence electrons. The molecule has 0 fully saturated rings. The lowest BCUT2D eigenvalue weighted by Gasteiger charge is -2.26. The lowest BCUT2D eigenvalue weighted by atomic mass is 10.0. The van der Waals surface area contributed by atoms with Gasteiger partial charge in [-0.1, -0.05) is 25.4 Å². The lowest BCUT2D eigenvalue weighted by molar-refractivity contribution is 0.0964. The third-order valence-corrected chi connectivity index (χ3v) is 3.55. The van der Waals surface area contributed by atoms with Gasteiger partial charge in [-0.05, 0) is 38.6 Å². The van der Waals surface area contributed by atoms with Crippen molar-refractivity contribution in [3.05, 3.63) is 22.8 Å². The molecule has 1 aromatic rings. The van der Waals surface area contributed by atoms with Crippen LogP contribution in [0.25, 0.3) is 0 Å². The van der Waals surface area contributed by atoms with Crippen LogP contribution in [0.5, 0.6) is 0 Å². The third kappa shape index (κ3) is 4.80. The van der Waals surface area contributed by atoms with Crippen LogP contribution >= 0.6 is 11.6 Å². The maximum absolute atomic E-state index is 12.1. The molecule has 0 saturated carbocycles. The van der Waals surface area contributed by atoms with Crippen molar-refractivity contribution in [2.24, 2.45) is 0 Å². The maximum atomic E-state index is 12.1. The molecule has 0 aliphatic rings. The van der Waals surface area contributed by atoms with Crippen LogP contribution in [-0.4, -0.2) is 34.8 Å². The fourth-order valence-corrected chi connectivity index (χ4v) is 2.41. The molecule has 0 unspecified atom stereocenters. The largest absolute Gasteiger partial charge is 0.384 e. The van der Waals surface area contributed by atoms with Gasteiger partial charge in [0.05, 0.1) is 0 Å². The van der Waals surface area contributed by atoms with Crippen molar-refractivity contribution in [1.82, 2.24) is 9.88 Å². The highest BCUT2D eigenvalue weighted by Gasteiger charge is 2.14. The SMILES string of the molecule is CCN(CC)[C@@H](C)CCC(=O)c1cc(N)nc(Cl)c1. The number of Topliss-reactive ketones (excluding diaryl/α,β-unsaturated/α-hetero) is 1. The summed E-state index contributed by atoms with van der Waals surface area (Å²) < 4.78 is 0. The van der Waals surface area contributed by atoms with E-state index in [9.17, 15) is 4.79 Å². The second kappa shape index (κ2) is 7.46. The van der Waals surface area contributed by atoms with Crippen LogP contribution in [-0.2, 0) is 0 Å². The predicted molar refractivity (Wildman–Crippen MR) is 79.6 cm³/mol. The Balaban J connectivity index is 2.60. The van der Waals surface area contributed by atoms with Crippen LogP contribution in [0.1, 0.15) is 44.0 Å². The van der Waals surface area contributed by atoms with Gasteiger partial charge in [0.25, 0.3) is 0 Å². The first-order chi connectivity index (χ1) is 8.97. The van der Waals surface area contributed by atoms with Gasteiger partial charge in [-0.3, -0.25) is 4.79 Å². The van der Waals surface area contributed by atoms with E-state index in [1.807, 2.05) is 0 Å². The molecule has 0 saturated heterocycles. The number of anilines is 1. The van der Waals surface area contributed by atoms with E-state index in [2.05, 4.69) is 30.7 Å². The highest BCUT2D eigenvalue weighted by molar-refractivity contribution is 6.29. The predicted octanol–water partition coefficient (Wildman–Crippen LogP) is 3.01. The molecule has 0 aliphatic carbocycles. The van der Waals surface area contributed by atoms with Gasteiger partial charge in [0, 0.05) is 18.0 Å². The van der Waals surface area contributed by atoms with Crippen molar-refractivity contribution in [1.29, 1.82) is 0 Å². The van der Waals surface area contributed by atoms with Crippen LogP contribution < -0.4 is 5.73 Å². The number of pyridine rings is 1. The molecule has 4 nitrogen and oxygen atoms in total. The average Bonchev–Trinajstić information content (AvgIpc) is 2.36. The van der Waals surface area contributed by atoms with Crippen LogP contribution in [0.2, 0.25) is 5.15 Å². The van der Waals surface area contributed by atoms with Crippen molar-refractivity contribution < 1.29 is 4.79 Å². The zero-order valence-electron chi connectivity index (χ0n) is 11.8. The Morgan fingerprint density at radius 2 is 2.05 bits per heavy atom. The first kappa shape index (κ1) is 15.9. The summed E-state index contributed by atoms with van der Waals surface area (Å²) in [6, 6.07) is 3.55. The molecule has 0 bridgehead atoms. The standard InChI is InChI=1S/C14H22ClN3O/c1-4-18(5-2)10(3)6-7-12(19)11-8-13(15)17-14(16)9-11/h8-10H,4-7H2,1-3H3,(H2,16,17)/t10-/m0/s1. The number of hydrogen-bond donors (Lipinski definition) is 1. The Bertz CT molecular complexity index is 412. The summed E-state index contributed by atoms with van der Waals surface area (Å²) in [6.07, 6.45) is 1.33. The van der Waals surface area contributed by atoms with Gasteiger partial charge < -0.3 is 10.6 Å². The monoisotopic (exact) mass is 283 g/mol. The molecule has 0 spiro atoms. The van der Waals surface area contributed by atoms with Gasteiger partial charge in [0.2, 0.25) is 0 Å². The second-order valence-corrected chi connectivity index (χ2v) is 5.02. The number of carbonyl (C=O) groups is 1. The minimum absolute atomic E-state index is 0.0648. The van der Waals surface area contributed by atoms with E-state index in [1.165, 1.54) is 0 Å². The minimum Gasteiger partial charge on any atom is -0.384 e. The number of carbonyl (C=O) groups excluding carboxylic acids is 1. The summed E-state index contributed by atoms with van der Waals surface area (Å²) in [7, 11) is 0. The second-order valence-electron chi connectivity index (χ2n) is 4.64. The Labute approximate surface area is 120 Å². The van der Waals surface area contributed by atoms with Crippen molar-refractivity contribution >= 4 is 23.2 Å². The normalized spacial score (nSPS) is 12.7. The van der Waals surface area contributed by atoms with Crippen molar-refractivity contribution in [3.63, 3.8) is 0 Å². The van der Waals surface area contributed by atoms with Gasteiger partial charge >= 0.3 is 0 Å². The molecule has 19 heavy (non-hydrogen) atoms. The molecule has 2 N–H and O–H groups in total. The molecule has 0 aromatic carbocycles. The van der Waals surface area contributed by atoms with Gasteiger partial charge in [0.1, 0.15) is 11.0 Å². The van der Waals surface area contributed by atoms with E-state index in [4.69, 9.17) is 17.3 Å². The summed E-state index contributed by atoms with van der Waals surface area (Å²) in [4.78, 5) is 18.3. The van der Waals surface area contributed by atoms with Crippen LogP contribution in [0.4, 0.5) is 5.82 Å². The fraction of sp³-hybridized carbons (Fsp3) is 0.571. The molecule has 1 heterocycles. The third-order valence-electron chi connectivity index (χ3n) is 3.36. The molecular weight excluding hydrogens is 262 g/mol. The van der Waals surface area contributed by atoms with Crippen LogP contribution in [0, 0.1) is 0 Å². The molecule has 0 aliphatic heterocycles. The number of aromatic nitrogens is 1. The van der Waals surface area contributed by atoms with Gasteiger partial charge in [0.15, 0.2) is 5.78 Å². The molecule has 1 rings (SSSR count). The summed E-state index contributed by atoms with van der Waals surface area (Å²) in [5.74, 6) is 0.350. The van der Waals surface area contributed by atoms with Crippen molar-refractivity contribution in [2.75, 3.05) is 18.8 Å². The number of nitrogens with two attached hydrogens (primary N) is 1. The van der Waals surface area contributed by atoms with Gasteiger partial charge in [-0.2, -0.15) is 0 Å². The summed E-state index contributed by atoms with van der Waals surface area (Å²) in [6.45, 7) is 8.41. The molecular formula is C14H22ClN3O. The van der Waals surface area contributed by atoms with E-state index in [-0.39, 0.29) is 16.8 Å². The Hall–Kier alpha value is -1.13. The molecule has 5 heteroatoms. The minimum atomic E-state index is 0.0648. The molecule has 1 aromatic heterocycles. The first-order valence-corrected chi connectivity index (χ1v) is 7.06. The Morgan fingerprint density at radius 1 is 1.42 bits per heavy atom. The van der Waals surface area contributed by atoms with E-state index < -0.39 is 0 Å². The molecule has 0 radical (unpaired) electrons. The number of hydrogen-bond acceptors (Lipinski definition) is 4. The zero-order chi connectivity index (χ0) is 14.4. The van der Waals surface area contributed by atoms with E-state index in [0.29, 0.717) is 18.0 Å². The van der Waals surface area contributed by atoms with Crippen LogP contribution in [0.3, 0.4) is 0 Å². The lowest BCUT2D eigenvalue weighted by Crippen LogP contribution is -2.33. The summed E-state index contributed by atoms with van der Waals surface area (Å²) >= 11 is 5.80. The topological polar surface area (TPSA) is 59.2 Å². The number of nitrogens with zero attached hydrogens (tertiary/aromatic N) is 2. The highest BCUT2D eigenvalue weighted by Crippen LogP contribution is 2.16. The van der Waals surface area contributed by atoms with Gasteiger partial charge in [-0.15, -0.1) is 0 Å². The van der Waals surface area contributed by atoms with E-state index in [1.54, 1.807) is 12.1 Å². The van der Waals surface area contributed by atoms with E-state index in [0.717, 1.165) is 19.5 Å². The number of halogens is 1. The van der Waals surface area contributed by atoms with Gasteiger partial charge in [-0.25, -0.2) is 4.98 Å². The van der Waals surface area contributed by atoms with Crippen molar-refractivity contribution in [3.8, 4) is 0 Å². The summed E-state index contributed by atoms with van der Waals surface area (Å²) in [5.41, 5.74) is 6.13. The quantitative estimate of drug-likeness (QED) is 0.617. The summed E-state index contributed by atoms with van der Waals surface area (Å²) in [5, 5.41) is 0.264. The van der Waals surface area contributed by atoms with E-state index >= 15 is 0 Å². The maximum Gasteiger partial charge on any atom is 0.163 e. The fourth-order valence-electron chi connectivity index (χ4n) is 2.19. The Morgan fingerprint density at radius 3 is 2.58 bits per heavy atom. The van der Waals surface area contributed by atoms with Crippen molar-refractivity contribution in [2.45, 2.75) is 39.7 Å². The number of ketones is 1. The molecule has 1 atom stereocenters. The smallest absolute Gasteiger partial charge is 0.163 e. The number of rotatable bonds is 7. The first-order valence-electron chi connectivity index (χ1n) is 6.68. The zero-order valence-corrected chi connectivity index (χ0v) is 12.6. The Kier molecular flexibility index (Phi) is 6.25. The van der Waals surface area contributed by atoms with Crippen LogP contribution in [0.15, 0.2) is 12.1 Å². The molecule has 0 amide bonds. The average molecular weight is 284 g/mol.